The quantitative estimate of drug-likeness (QED) is 0.808. The summed E-state index contributed by atoms with van der Waals surface area (Å²) in [7, 11) is 1.79. The van der Waals surface area contributed by atoms with Gasteiger partial charge in [0.1, 0.15) is 0 Å². The van der Waals surface area contributed by atoms with Crippen molar-refractivity contribution < 1.29 is 14.7 Å². The summed E-state index contributed by atoms with van der Waals surface area (Å²) in [5.41, 5.74) is 0.0606. The van der Waals surface area contributed by atoms with Gasteiger partial charge in [-0.2, -0.15) is 0 Å². The topological polar surface area (TPSA) is 82.5 Å². The summed E-state index contributed by atoms with van der Waals surface area (Å²) >= 11 is 1.30. The number of aromatic nitrogens is 1. The molecule has 6 nitrogen and oxygen atoms in total. The van der Waals surface area contributed by atoms with Crippen LogP contribution in [0.2, 0.25) is 0 Å². The number of aromatic carboxylic acids is 1. The monoisotopic (exact) mass is 299 g/mol. The van der Waals surface area contributed by atoms with Gasteiger partial charge in [0.05, 0.1) is 5.01 Å². The van der Waals surface area contributed by atoms with Crippen LogP contribution >= 0.6 is 11.3 Å². The van der Waals surface area contributed by atoms with Gasteiger partial charge in [0.15, 0.2) is 5.69 Å². The molecule has 7 heteroatoms. The van der Waals surface area contributed by atoms with Gasteiger partial charge in [-0.05, 0) is 12.8 Å². The average molecular weight is 299 g/mol. The van der Waals surface area contributed by atoms with E-state index in [0.717, 1.165) is 12.8 Å². The van der Waals surface area contributed by atoms with Gasteiger partial charge in [-0.3, -0.25) is 0 Å². The molecule has 1 aromatic heterocycles. The van der Waals surface area contributed by atoms with Crippen molar-refractivity contribution in [3.05, 3.63) is 16.1 Å². The molecule has 0 aliphatic heterocycles. The molecular weight excluding hydrogens is 278 g/mol. The zero-order valence-electron chi connectivity index (χ0n) is 12.0. The van der Waals surface area contributed by atoms with E-state index < -0.39 is 5.97 Å². The zero-order chi connectivity index (χ0) is 15.1. The van der Waals surface area contributed by atoms with Crippen molar-refractivity contribution in [2.24, 2.45) is 0 Å². The van der Waals surface area contributed by atoms with Crippen LogP contribution in [0.4, 0.5) is 4.79 Å². The Labute approximate surface area is 122 Å². The SMILES string of the molecule is CCC(CC)N(C)C(=O)NCCc1nc(C(=O)O)cs1. The number of carboxylic acids is 1. The van der Waals surface area contributed by atoms with E-state index in [-0.39, 0.29) is 17.8 Å². The fraction of sp³-hybridized carbons (Fsp3) is 0.615. The van der Waals surface area contributed by atoms with Gasteiger partial charge in [0.2, 0.25) is 0 Å². The molecule has 20 heavy (non-hydrogen) atoms. The van der Waals surface area contributed by atoms with Gasteiger partial charge in [-0.1, -0.05) is 13.8 Å². The lowest BCUT2D eigenvalue weighted by Crippen LogP contribution is -2.43. The highest BCUT2D eigenvalue weighted by Crippen LogP contribution is 2.10. The second-order valence-electron chi connectivity index (χ2n) is 4.49. The van der Waals surface area contributed by atoms with E-state index in [4.69, 9.17) is 5.11 Å². The number of amides is 2. The first kappa shape index (κ1) is 16.4. The van der Waals surface area contributed by atoms with E-state index in [0.29, 0.717) is 18.0 Å². The molecule has 2 N–H and O–H groups in total. The number of carboxylic acid groups (broad SMARTS) is 1. The summed E-state index contributed by atoms with van der Waals surface area (Å²) in [4.78, 5) is 28.3. The lowest BCUT2D eigenvalue weighted by molar-refractivity contribution is 0.0691. The molecule has 0 fully saturated rings. The molecule has 0 unspecified atom stereocenters. The van der Waals surface area contributed by atoms with Crippen LogP contribution in [0.15, 0.2) is 5.38 Å². The minimum absolute atomic E-state index is 0.0606. The zero-order valence-corrected chi connectivity index (χ0v) is 12.9. The van der Waals surface area contributed by atoms with Crippen molar-refractivity contribution in [2.75, 3.05) is 13.6 Å². The summed E-state index contributed by atoms with van der Waals surface area (Å²) in [5.74, 6) is -1.02. The van der Waals surface area contributed by atoms with Crippen LogP contribution in [0.3, 0.4) is 0 Å². The molecule has 112 valence electrons. The molecule has 0 aliphatic rings. The molecular formula is C13H21N3O3S. The van der Waals surface area contributed by atoms with Gasteiger partial charge in [0.25, 0.3) is 0 Å². The van der Waals surface area contributed by atoms with E-state index >= 15 is 0 Å². The van der Waals surface area contributed by atoms with E-state index in [2.05, 4.69) is 24.1 Å². The number of urea groups is 1. The Morgan fingerprint density at radius 1 is 1.45 bits per heavy atom. The van der Waals surface area contributed by atoms with Crippen molar-refractivity contribution in [2.45, 2.75) is 39.2 Å². The normalized spacial score (nSPS) is 10.6. The van der Waals surface area contributed by atoms with Crippen molar-refractivity contribution in [1.29, 1.82) is 0 Å². The number of carbonyl (C=O) groups excluding carboxylic acids is 1. The Morgan fingerprint density at radius 2 is 2.10 bits per heavy atom. The second-order valence-corrected chi connectivity index (χ2v) is 5.44. The van der Waals surface area contributed by atoms with E-state index in [1.54, 1.807) is 11.9 Å². The molecule has 0 saturated carbocycles. The Hall–Kier alpha value is -1.63. The maximum Gasteiger partial charge on any atom is 0.355 e. The molecule has 0 atom stereocenters. The third-order valence-corrected chi connectivity index (χ3v) is 4.11. The molecule has 0 aromatic carbocycles. The minimum atomic E-state index is -1.02. The minimum Gasteiger partial charge on any atom is -0.476 e. The van der Waals surface area contributed by atoms with Crippen LogP contribution in [0.25, 0.3) is 0 Å². The van der Waals surface area contributed by atoms with Crippen molar-refractivity contribution in [3.8, 4) is 0 Å². The summed E-state index contributed by atoms with van der Waals surface area (Å²) < 4.78 is 0. The Balaban J connectivity index is 2.39. The van der Waals surface area contributed by atoms with Gasteiger partial charge in [-0.15, -0.1) is 11.3 Å². The number of carbonyl (C=O) groups is 2. The smallest absolute Gasteiger partial charge is 0.355 e. The highest BCUT2D eigenvalue weighted by molar-refractivity contribution is 7.09. The maximum atomic E-state index is 11.9. The number of thiazole rings is 1. The van der Waals surface area contributed by atoms with Crippen LogP contribution in [-0.2, 0) is 6.42 Å². The van der Waals surface area contributed by atoms with Crippen LogP contribution in [0.1, 0.15) is 42.2 Å². The van der Waals surface area contributed by atoms with Crippen LogP contribution in [-0.4, -0.2) is 46.6 Å². The standard InChI is InChI=1S/C13H21N3O3S/c1-4-9(5-2)16(3)13(19)14-7-6-11-15-10(8-20-11)12(17)18/h8-9H,4-7H2,1-3H3,(H,14,19)(H,17,18). The van der Waals surface area contributed by atoms with Gasteiger partial charge >= 0.3 is 12.0 Å². The predicted molar refractivity (Wildman–Crippen MR) is 78.3 cm³/mol. The first-order valence-corrected chi connectivity index (χ1v) is 7.55. The predicted octanol–water partition coefficient (Wildman–Crippen LogP) is 2.21. The van der Waals surface area contributed by atoms with E-state index in [1.165, 1.54) is 16.7 Å². The fourth-order valence-electron chi connectivity index (χ4n) is 1.93. The molecule has 0 saturated heterocycles. The molecule has 0 aliphatic carbocycles. The molecule has 1 heterocycles. The molecule has 0 radical (unpaired) electrons. The van der Waals surface area contributed by atoms with Crippen LogP contribution < -0.4 is 5.32 Å². The maximum absolute atomic E-state index is 11.9. The summed E-state index contributed by atoms with van der Waals surface area (Å²) in [6.45, 7) is 4.57. The molecule has 1 rings (SSSR count). The Kier molecular flexibility index (Phi) is 6.44. The summed E-state index contributed by atoms with van der Waals surface area (Å²) in [6, 6.07) is 0.141. The third kappa shape index (κ3) is 4.48. The van der Waals surface area contributed by atoms with Gasteiger partial charge < -0.3 is 15.3 Å². The first-order chi connectivity index (χ1) is 9.49. The highest BCUT2D eigenvalue weighted by Gasteiger charge is 2.16. The molecule has 2 amide bonds. The third-order valence-electron chi connectivity index (χ3n) is 3.20. The molecule has 0 spiro atoms. The van der Waals surface area contributed by atoms with Crippen molar-refractivity contribution in [1.82, 2.24) is 15.2 Å². The van der Waals surface area contributed by atoms with Gasteiger partial charge in [-0.25, -0.2) is 14.6 Å². The number of nitrogens with one attached hydrogen (secondary N) is 1. The van der Waals surface area contributed by atoms with E-state index in [1.807, 2.05) is 0 Å². The second kappa shape index (κ2) is 7.84. The van der Waals surface area contributed by atoms with Crippen molar-refractivity contribution >= 4 is 23.3 Å². The first-order valence-electron chi connectivity index (χ1n) is 6.67. The Bertz CT molecular complexity index is 457. The average Bonchev–Trinajstić information content (AvgIpc) is 2.89. The number of rotatable bonds is 7. The van der Waals surface area contributed by atoms with Crippen molar-refractivity contribution in [3.63, 3.8) is 0 Å². The number of hydrogen-bond acceptors (Lipinski definition) is 4. The number of hydrogen-bond donors (Lipinski definition) is 2. The molecule has 0 bridgehead atoms. The lowest BCUT2D eigenvalue weighted by atomic mass is 10.1. The lowest BCUT2D eigenvalue weighted by Gasteiger charge is -2.26. The molecule has 1 aromatic rings. The highest BCUT2D eigenvalue weighted by atomic mass is 32.1. The summed E-state index contributed by atoms with van der Waals surface area (Å²) in [6.07, 6.45) is 2.39. The van der Waals surface area contributed by atoms with E-state index in [9.17, 15) is 9.59 Å². The fourth-order valence-corrected chi connectivity index (χ4v) is 2.70. The summed E-state index contributed by atoms with van der Waals surface area (Å²) in [5, 5.41) is 13.8. The Morgan fingerprint density at radius 3 is 2.60 bits per heavy atom. The van der Waals surface area contributed by atoms with Gasteiger partial charge in [0, 0.05) is 31.4 Å². The largest absolute Gasteiger partial charge is 0.476 e. The number of nitrogens with zero attached hydrogens (tertiary/aromatic N) is 2. The van der Waals surface area contributed by atoms with Crippen LogP contribution in [0.5, 0.6) is 0 Å². The van der Waals surface area contributed by atoms with Crippen LogP contribution in [0, 0.1) is 0 Å².